The van der Waals surface area contributed by atoms with Crippen LogP contribution < -0.4 is 5.73 Å². The predicted octanol–water partition coefficient (Wildman–Crippen LogP) is 0.137. The lowest BCUT2D eigenvalue weighted by atomic mass is 10.2. The molecule has 0 aliphatic carbocycles. The number of aryl methyl sites for hydroxylation is 1. The van der Waals surface area contributed by atoms with E-state index in [1.165, 1.54) is 4.63 Å². The normalized spacial score (nSPS) is 10.5. The van der Waals surface area contributed by atoms with Gasteiger partial charge in [0.2, 0.25) is 0 Å². The molecule has 0 bridgehead atoms. The molecule has 0 fully saturated rings. The third kappa shape index (κ3) is 1.05. The smallest absolute Gasteiger partial charge is 0.252 e. The molecule has 0 unspecified atom stereocenters. The predicted molar refractivity (Wildman–Crippen MR) is 46.2 cm³/mol. The van der Waals surface area contributed by atoms with E-state index >= 15 is 0 Å². The fraction of sp³-hybridized carbons (Fsp3) is 0.125. The standard InChI is InChI=1S/C8H8N4O/c1-5-7(8(9)13)6-3-2-4-10-12(6)11-5/h2-4H,1H3,(H2,9,13). The molecule has 1 amide bonds. The van der Waals surface area contributed by atoms with E-state index in [1.54, 1.807) is 25.3 Å². The van der Waals surface area contributed by atoms with Gasteiger partial charge < -0.3 is 5.73 Å². The number of rotatable bonds is 1. The van der Waals surface area contributed by atoms with Crippen LogP contribution in [0, 0.1) is 6.92 Å². The summed E-state index contributed by atoms with van der Waals surface area (Å²) in [5.41, 5.74) is 6.89. The number of hydrogen-bond acceptors (Lipinski definition) is 3. The van der Waals surface area contributed by atoms with Crippen LogP contribution in [0.3, 0.4) is 0 Å². The Labute approximate surface area is 74.2 Å². The van der Waals surface area contributed by atoms with Crippen molar-refractivity contribution in [1.82, 2.24) is 14.8 Å². The monoisotopic (exact) mass is 176 g/mol. The average Bonchev–Trinajstić information content (AvgIpc) is 2.39. The van der Waals surface area contributed by atoms with Gasteiger partial charge in [0, 0.05) is 6.20 Å². The number of carbonyl (C=O) groups is 1. The molecule has 5 heteroatoms. The minimum absolute atomic E-state index is 0.438. The number of aromatic nitrogens is 3. The summed E-state index contributed by atoms with van der Waals surface area (Å²) in [5.74, 6) is -0.472. The molecule has 66 valence electrons. The second-order valence-corrected chi connectivity index (χ2v) is 2.72. The molecule has 0 spiro atoms. The Bertz CT molecular complexity index is 474. The van der Waals surface area contributed by atoms with Gasteiger partial charge in [-0.1, -0.05) is 0 Å². The summed E-state index contributed by atoms with van der Waals surface area (Å²) in [6.45, 7) is 1.73. The molecule has 2 aromatic rings. The number of amides is 1. The van der Waals surface area contributed by atoms with E-state index in [4.69, 9.17) is 5.73 Å². The van der Waals surface area contributed by atoms with Gasteiger partial charge in [0.1, 0.15) is 5.52 Å². The lowest BCUT2D eigenvalue weighted by Gasteiger charge is -1.91. The van der Waals surface area contributed by atoms with Gasteiger partial charge in [-0.25, -0.2) is 0 Å². The lowest BCUT2D eigenvalue weighted by molar-refractivity contribution is 0.100. The molecule has 0 aromatic carbocycles. The van der Waals surface area contributed by atoms with Gasteiger partial charge in [0.05, 0.1) is 11.3 Å². The Morgan fingerprint density at radius 2 is 2.38 bits per heavy atom. The first kappa shape index (κ1) is 7.72. The van der Waals surface area contributed by atoms with Gasteiger partial charge in [-0.05, 0) is 19.1 Å². The first-order valence-electron chi connectivity index (χ1n) is 3.80. The van der Waals surface area contributed by atoms with Crippen molar-refractivity contribution in [2.45, 2.75) is 6.92 Å². The van der Waals surface area contributed by atoms with Crippen LogP contribution in [0.4, 0.5) is 0 Å². The van der Waals surface area contributed by atoms with Crippen molar-refractivity contribution >= 4 is 11.4 Å². The highest BCUT2D eigenvalue weighted by atomic mass is 16.1. The Morgan fingerprint density at radius 1 is 1.62 bits per heavy atom. The van der Waals surface area contributed by atoms with E-state index in [0.717, 1.165) is 0 Å². The van der Waals surface area contributed by atoms with E-state index in [9.17, 15) is 4.79 Å². The topological polar surface area (TPSA) is 73.3 Å². The molecule has 0 aliphatic heterocycles. The van der Waals surface area contributed by atoms with Gasteiger partial charge in [0.15, 0.2) is 0 Å². The molecule has 2 N–H and O–H groups in total. The van der Waals surface area contributed by atoms with Gasteiger partial charge in [-0.15, -0.1) is 0 Å². The van der Waals surface area contributed by atoms with Crippen molar-refractivity contribution < 1.29 is 4.79 Å². The van der Waals surface area contributed by atoms with Crippen LogP contribution in [0.15, 0.2) is 18.3 Å². The molecule has 0 aliphatic rings. The number of fused-ring (bicyclic) bond motifs is 1. The van der Waals surface area contributed by atoms with E-state index in [0.29, 0.717) is 16.8 Å². The van der Waals surface area contributed by atoms with Crippen LogP contribution in [0.25, 0.3) is 5.52 Å². The number of nitrogens with zero attached hydrogens (tertiary/aromatic N) is 3. The summed E-state index contributed by atoms with van der Waals surface area (Å²) in [5, 5.41) is 7.98. The molecule has 13 heavy (non-hydrogen) atoms. The second-order valence-electron chi connectivity index (χ2n) is 2.72. The third-order valence-corrected chi connectivity index (χ3v) is 1.84. The maximum absolute atomic E-state index is 11.0. The van der Waals surface area contributed by atoms with Gasteiger partial charge in [0.25, 0.3) is 5.91 Å². The molecule has 0 atom stereocenters. The Balaban J connectivity index is 2.86. The molecular weight excluding hydrogens is 168 g/mol. The molecule has 0 radical (unpaired) electrons. The van der Waals surface area contributed by atoms with Gasteiger partial charge in [-0.3, -0.25) is 4.79 Å². The lowest BCUT2D eigenvalue weighted by Crippen LogP contribution is -2.11. The largest absolute Gasteiger partial charge is 0.365 e. The third-order valence-electron chi connectivity index (χ3n) is 1.84. The summed E-state index contributed by atoms with van der Waals surface area (Å²) in [7, 11) is 0. The van der Waals surface area contributed by atoms with Crippen LogP contribution in [0.5, 0.6) is 0 Å². The molecule has 2 heterocycles. The molecule has 5 nitrogen and oxygen atoms in total. The van der Waals surface area contributed by atoms with E-state index in [2.05, 4.69) is 10.2 Å². The Morgan fingerprint density at radius 3 is 3.08 bits per heavy atom. The highest BCUT2D eigenvalue weighted by molar-refractivity contribution is 6.00. The van der Waals surface area contributed by atoms with E-state index in [-0.39, 0.29) is 0 Å². The quantitative estimate of drug-likeness (QED) is 0.671. The van der Waals surface area contributed by atoms with Crippen LogP contribution in [0.1, 0.15) is 16.1 Å². The highest BCUT2D eigenvalue weighted by Crippen LogP contribution is 2.12. The van der Waals surface area contributed by atoms with Crippen LogP contribution in [-0.4, -0.2) is 20.7 Å². The SMILES string of the molecule is Cc1nn2ncccc2c1C(N)=O. The van der Waals surface area contributed by atoms with Gasteiger partial charge >= 0.3 is 0 Å². The fourth-order valence-electron chi connectivity index (χ4n) is 1.31. The first-order valence-corrected chi connectivity index (χ1v) is 3.80. The first-order chi connectivity index (χ1) is 6.20. The molecule has 2 rings (SSSR count). The molecule has 2 aromatic heterocycles. The van der Waals surface area contributed by atoms with Gasteiger partial charge in [-0.2, -0.15) is 14.8 Å². The second kappa shape index (κ2) is 2.55. The van der Waals surface area contributed by atoms with Crippen molar-refractivity contribution in [3.05, 3.63) is 29.6 Å². The zero-order valence-corrected chi connectivity index (χ0v) is 7.06. The van der Waals surface area contributed by atoms with E-state index < -0.39 is 5.91 Å². The van der Waals surface area contributed by atoms with Crippen molar-refractivity contribution in [2.75, 3.05) is 0 Å². The number of hydrogen-bond donors (Lipinski definition) is 1. The number of nitrogens with two attached hydrogens (primary N) is 1. The van der Waals surface area contributed by atoms with Crippen LogP contribution >= 0.6 is 0 Å². The summed E-state index contributed by atoms with van der Waals surface area (Å²) in [6, 6.07) is 3.50. The van der Waals surface area contributed by atoms with Crippen molar-refractivity contribution in [3.63, 3.8) is 0 Å². The minimum atomic E-state index is -0.472. The summed E-state index contributed by atoms with van der Waals surface area (Å²) >= 11 is 0. The van der Waals surface area contributed by atoms with Crippen LogP contribution in [-0.2, 0) is 0 Å². The zero-order valence-electron chi connectivity index (χ0n) is 7.06. The maximum atomic E-state index is 11.0. The molecule has 0 saturated carbocycles. The molecule has 0 saturated heterocycles. The summed E-state index contributed by atoms with van der Waals surface area (Å²) in [4.78, 5) is 11.0. The summed E-state index contributed by atoms with van der Waals surface area (Å²) < 4.78 is 1.40. The zero-order chi connectivity index (χ0) is 9.42. The Hall–Kier alpha value is -1.91. The van der Waals surface area contributed by atoms with E-state index in [1.807, 2.05) is 0 Å². The Kier molecular flexibility index (Phi) is 1.51. The fourth-order valence-corrected chi connectivity index (χ4v) is 1.31. The van der Waals surface area contributed by atoms with Crippen molar-refractivity contribution in [2.24, 2.45) is 5.73 Å². The maximum Gasteiger partial charge on any atom is 0.252 e. The molecular formula is C8H8N4O. The van der Waals surface area contributed by atoms with Crippen molar-refractivity contribution in [1.29, 1.82) is 0 Å². The highest BCUT2D eigenvalue weighted by Gasteiger charge is 2.13. The number of primary amides is 1. The minimum Gasteiger partial charge on any atom is -0.365 e. The average molecular weight is 176 g/mol. The number of carbonyl (C=O) groups excluding carboxylic acids is 1. The van der Waals surface area contributed by atoms with Crippen LogP contribution in [0.2, 0.25) is 0 Å². The summed E-state index contributed by atoms with van der Waals surface area (Å²) in [6.07, 6.45) is 1.60. The van der Waals surface area contributed by atoms with Crippen molar-refractivity contribution in [3.8, 4) is 0 Å².